The molecule has 4 nitrogen and oxygen atoms in total. The Bertz CT molecular complexity index is 675. The van der Waals surface area contributed by atoms with Crippen LogP contribution in [-0.2, 0) is 11.8 Å². The van der Waals surface area contributed by atoms with Gasteiger partial charge in [-0.15, -0.1) is 0 Å². The largest absolute Gasteiger partial charge is 0.419 e. The number of halogens is 1. The molecule has 3 rings (SSSR count). The van der Waals surface area contributed by atoms with Crippen LogP contribution in [0.5, 0.6) is 0 Å². The number of oxazole rings is 1. The third kappa shape index (κ3) is 2.23. The molecule has 0 N–H and O–H groups in total. The van der Waals surface area contributed by atoms with Crippen LogP contribution in [0, 0.1) is 5.92 Å². The summed E-state index contributed by atoms with van der Waals surface area (Å²) in [6.45, 7) is 2.98. The van der Waals surface area contributed by atoms with Gasteiger partial charge in [0.25, 0.3) is 0 Å². The van der Waals surface area contributed by atoms with Crippen LogP contribution in [0.4, 0.5) is 0 Å². The van der Waals surface area contributed by atoms with E-state index in [-0.39, 0.29) is 10.6 Å². The van der Waals surface area contributed by atoms with E-state index in [4.69, 9.17) is 9.15 Å². The molecule has 0 aliphatic carbocycles. The molecule has 20 heavy (non-hydrogen) atoms. The fourth-order valence-corrected chi connectivity index (χ4v) is 3.88. The van der Waals surface area contributed by atoms with E-state index in [2.05, 4.69) is 28.9 Å². The molecular formula is C15H18BrNO3. The van der Waals surface area contributed by atoms with Crippen LogP contribution >= 0.6 is 15.9 Å². The van der Waals surface area contributed by atoms with Gasteiger partial charge >= 0.3 is 5.76 Å². The fourth-order valence-electron chi connectivity index (χ4n) is 2.99. The van der Waals surface area contributed by atoms with Crippen LogP contribution in [-0.4, -0.2) is 17.3 Å². The van der Waals surface area contributed by atoms with Crippen LogP contribution in [0.3, 0.4) is 0 Å². The average Bonchev–Trinajstić information content (AvgIpc) is 3.03. The first-order chi connectivity index (χ1) is 9.61. The Kier molecular flexibility index (Phi) is 3.73. The number of hydrogen-bond donors (Lipinski definition) is 0. The molecule has 1 aromatic heterocycles. The lowest BCUT2D eigenvalue weighted by Crippen LogP contribution is -2.18. The zero-order valence-electron chi connectivity index (χ0n) is 11.6. The summed E-state index contributed by atoms with van der Waals surface area (Å²) in [4.78, 5) is 11.8. The molecule has 3 atom stereocenters. The Morgan fingerprint density at radius 3 is 3.05 bits per heavy atom. The number of benzene rings is 1. The van der Waals surface area contributed by atoms with Gasteiger partial charge in [0.2, 0.25) is 0 Å². The van der Waals surface area contributed by atoms with Crippen LogP contribution in [0.15, 0.2) is 27.4 Å². The summed E-state index contributed by atoms with van der Waals surface area (Å²) in [5, 5.41) is 0. The van der Waals surface area contributed by atoms with Crippen molar-refractivity contribution in [1.29, 1.82) is 0 Å². The van der Waals surface area contributed by atoms with E-state index in [9.17, 15) is 4.79 Å². The molecule has 0 bridgehead atoms. The standard InChI is InChI=1S/C15H18BrNO3/c1-3-12-10(6-7-19-12)14(16)9-4-5-11-13(8-9)20-15(18)17(11)2/h4-5,8,10,12,14H,3,6-7H2,1-2H3. The first-order valence-electron chi connectivity index (χ1n) is 6.97. The molecule has 108 valence electrons. The number of aryl methyl sites for hydroxylation is 1. The van der Waals surface area contributed by atoms with E-state index in [1.54, 1.807) is 7.05 Å². The number of fused-ring (bicyclic) bond motifs is 1. The minimum Gasteiger partial charge on any atom is -0.408 e. The van der Waals surface area contributed by atoms with Crippen molar-refractivity contribution >= 4 is 27.0 Å². The van der Waals surface area contributed by atoms with Gasteiger partial charge in [-0.1, -0.05) is 28.9 Å². The fraction of sp³-hybridized carbons (Fsp3) is 0.533. The monoisotopic (exact) mass is 339 g/mol. The third-order valence-electron chi connectivity index (χ3n) is 4.17. The molecule has 0 spiro atoms. The van der Waals surface area contributed by atoms with Crippen molar-refractivity contribution in [2.24, 2.45) is 13.0 Å². The maximum atomic E-state index is 11.5. The van der Waals surface area contributed by atoms with Crippen molar-refractivity contribution in [3.05, 3.63) is 34.3 Å². The van der Waals surface area contributed by atoms with E-state index in [1.807, 2.05) is 12.1 Å². The number of nitrogens with zero attached hydrogens (tertiary/aromatic N) is 1. The summed E-state index contributed by atoms with van der Waals surface area (Å²) in [6.07, 6.45) is 2.39. The second-order valence-corrected chi connectivity index (χ2v) is 6.31. The summed E-state index contributed by atoms with van der Waals surface area (Å²) in [7, 11) is 1.72. The van der Waals surface area contributed by atoms with Gasteiger partial charge in [0.1, 0.15) is 0 Å². The van der Waals surface area contributed by atoms with Gasteiger partial charge in [-0.3, -0.25) is 4.57 Å². The van der Waals surface area contributed by atoms with Gasteiger partial charge in [0.05, 0.1) is 11.6 Å². The number of alkyl halides is 1. The minimum atomic E-state index is -0.320. The van der Waals surface area contributed by atoms with Gasteiger partial charge in [0.15, 0.2) is 5.58 Å². The Labute approximate surface area is 125 Å². The van der Waals surface area contributed by atoms with Gasteiger partial charge in [-0.05, 0) is 30.5 Å². The maximum Gasteiger partial charge on any atom is 0.419 e. The predicted octanol–water partition coefficient (Wildman–Crippen LogP) is 3.38. The van der Waals surface area contributed by atoms with E-state index in [1.165, 1.54) is 4.57 Å². The van der Waals surface area contributed by atoms with Crippen LogP contribution in [0.1, 0.15) is 30.2 Å². The van der Waals surface area contributed by atoms with Crippen LogP contribution < -0.4 is 5.76 Å². The average molecular weight is 340 g/mol. The molecule has 0 saturated carbocycles. The summed E-state index contributed by atoms with van der Waals surface area (Å²) in [5.41, 5.74) is 2.61. The molecule has 5 heteroatoms. The number of hydrogen-bond acceptors (Lipinski definition) is 3. The maximum absolute atomic E-state index is 11.5. The molecule has 1 fully saturated rings. The highest BCUT2D eigenvalue weighted by Gasteiger charge is 2.33. The molecule has 1 aromatic carbocycles. The summed E-state index contributed by atoms with van der Waals surface area (Å²) >= 11 is 3.80. The molecule has 3 unspecified atom stereocenters. The third-order valence-corrected chi connectivity index (χ3v) is 5.38. The number of aromatic nitrogens is 1. The Morgan fingerprint density at radius 2 is 2.30 bits per heavy atom. The minimum absolute atomic E-state index is 0.227. The Balaban J connectivity index is 1.95. The second kappa shape index (κ2) is 5.37. The van der Waals surface area contributed by atoms with Gasteiger partial charge in [-0.25, -0.2) is 4.79 Å². The quantitative estimate of drug-likeness (QED) is 0.805. The van der Waals surface area contributed by atoms with E-state index < -0.39 is 0 Å². The highest BCUT2D eigenvalue weighted by atomic mass is 79.9. The SMILES string of the molecule is CCC1OCCC1C(Br)c1ccc2c(c1)oc(=O)n2C. The first kappa shape index (κ1) is 13.9. The summed E-state index contributed by atoms with van der Waals surface area (Å²) in [6, 6.07) is 5.96. The molecule has 2 heterocycles. The Morgan fingerprint density at radius 1 is 1.50 bits per heavy atom. The molecule has 0 amide bonds. The molecule has 0 radical (unpaired) electrons. The van der Waals surface area contributed by atoms with E-state index in [0.29, 0.717) is 17.6 Å². The van der Waals surface area contributed by atoms with Gasteiger partial charge < -0.3 is 9.15 Å². The molecule has 1 aliphatic rings. The van der Waals surface area contributed by atoms with Crippen molar-refractivity contribution < 1.29 is 9.15 Å². The van der Waals surface area contributed by atoms with Crippen LogP contribution in [0.25, 0.3) is 11.1 Å². The van der Waals surface area contributed by atoms with Crippen LogP contribution in [0.2, 0.25) is 0 Å². The van der Waals surface area contributed by atoms with Gasteiger partial charge in [0, 0.05) is 24.4 Å². The van der Waals surface area contributed by atoms with E-state index >= 15 is 0 Å². The summed E-state index contributed by atoms with van der Waals surface area (Å²) in [5.74, 6) is 0.145. The molecule has 1 saturated heterocycles. The molecule has 2 aromatic rings. The number of rotatable bonds is 3. The van der Waals surface area contributed by atoms with Crippen molar-refractivity contribution in [3.8, 4) is 0 Å². The topological polar surface area (TPSA) is 44.4 Å². The highest BCUT2D eigenvalue weighted by molar-refractivity contribution is 9.09. The second-order valence-electron chi connectivity index (χ2n) is 5.33. The van der Waals surface area contributed by atoms with Crippen molar-refractivity contribution in [2.45, 2.75) is 30.7 Å². The lowest BCUT2D eigenvalue weighted by Gasteiger charge is -2.22. The predicted molar refractivity (Wildman–Crippen MR) is 81.3 cm³/mol. The normalized spacial score (nSPS) is 24.4. The zero-order chi connectivity index (χ0) is 14.3. The summed E-state index contributed by atoms with van der Waals surface area (Å²) < 4.78 is 12.5. The van der Waals surface area contributed by atoms with Crippen molar-refractivity contribution in [3.63, 3.8) is 0 Å². The number of ether oxygens (including phenoxy) is 1. The molecular weight excluding hydrogens is 322 g/mol. The molecule has 1 aliphatic heterocycles. The Hall–Kier alpha value is -1.07. The first-order valence-corrected chi connectivity index (χ1v) is 7.88. The zero-order valence-corrected chi connectivity index (χ0v) is 13.2. The van der Waals surface area contributed by atoms with E-state index in [0.717, 1.165) is 30.5 Å². The van der Waals surface area contributed by atoms with Gasteiger partial charge in [-0.2, -0.15) is 0 Å². The lowest BCUT2D eigenvalue weighted by atomic mass is 9.92. The lowest BCUT2D eigenvalue weighted by molar-refractivity contribution is 0.0873. The smallest absolute Gasteiger partial charge is 0.408 e. The van der Waals surface area contributed by atoms with Crippen molar-refractivity contribution in [2.75, 3.05) is 6.61 Å². The highest BCUT2D eigenvalue weighted by Crippen LogP contribution is 2.41. The van der Waals surface area contributed by atoms with Crippen molar-refractivity contribution in [1.82, 2.24) is 4.57 Å².